The molecule has 5 heteroatoms. The number of nitrogens with zero attached hydrogens (tertiary/aromatic N) is 1. The molecule has 0 saturated carbocycles. The van der Waals surface area contributed by atoms with Gasteiger partial charge in [-0.1, -0.05) is 30.3 Å². The molecule has 2 heterocycles. The van der Waals surface area contributed by atoms with E-state index >= 15 is 0 Å². The van der Waals surface area contributed by atoms with Crippen LogP contribution in [0.4, 0.5) is 0 Å². The average molecular weight is 336 g/mol. The van der Waals surface area contributed by atoms with E-state index in [9.17, 15) is 4.79 Å². The molecule has 0 bridgehead atoms. The summed E-state index contributed by atoms with van der Waals surface area (Å²) in [5.74, 6) is 0.187. The molecule has 0 aliphatic rings. The Morgan fingerprint density at radius 3 is 2.83 bits per heavy atom. The molecule has 1 amide bonds. The van der Waals surface area contributed by atoms with E-state index in [0.29, 0.717) is 12.3 Å². The molecule has 2 aromatic heterocycles. The SMILES string of the molecule is O=C(NCCCc1nc2ccccc2s1)c1cc2ccccc2o1. The van der Waals surface area contributed by atoms with Crippen LogP contribution in [0.5, 0.6) is 0 Å². The number of aromatic nitrogens is 1. The Morgan fingerprint density at radius 2 is 1.96 bits per heavy atom. The van der Waals surface area contributed by atoms with Gasteiger partial charge in [-0.3, -0.25) is 4.79 Å². The normalized spacial score (nSPS) is 11.2. The summed E-state index contributed by atoms with van der Waals surface area (Å²) in [5.41, 5.74) is 1.78. The highest BCUT2D eigenvalue weighted by atomic mass is 32.1. The van der Waals surface area contributed by atoms with Gasteiger partial charge >= 0.3 is 0 Å². The molecule has 0 atom stereocenters. The van der Waals surface area contributed by atoms with E-state index < -0.39 is 0 Å². The molecule has 0 aliphatic carbocycles. The Balaban J connectivity index is 1.32. The summed E-state index contributed by atoms with van der Waals surface area (Å²) >= 11 is 1.71. The Labute approximate surface area is 143 Å². The molecule has 0 unspecified atom stereocenters. The van der Waals surface area contributed by atoms with Crippen LogP contribution >= 0.6 is 11.3 Å². The maximum Gasteiger partial charge on any atom is 0.287 e. The highest BCUT2D eigenvalue weighted by Crippen LogP contribution is 2.22. The zero-order valence-electron chi connectivity index (χ0n) is 13.0. The predicted molar refractivity (Wildman–Crippen MR) is 96.5 cm³/mol. The molecule has 24 heavy (non-hydrogen) atoms. The van der Waals surface area contributed by atoms with Crippen molar-refractivity contribution in [2.75, 3.05) is 6.54 Å². The molecule has 0 fully saturated rings. The number of hydrogen-bond donors (Lipinski definition) is 1. The van der Waals surface area contributed by atoms with Gasteiger partial charge in [0.05, 0.1) is 15.2 Å². The first-order valence-electron chi connectivity index (χ1n) is 7.91. The van der Waals surface area contributed by atoms with Gasteiger partial charge in [-0.15, -0.1) is 11.3 Å². The second kappa shape index (κ2) is 6.45. The van der Waals surface area contributed by atoms with Crippen molar-refractivity contribution >= 4 is 38.4 Å². The number of hydrogen-bond acceptors (Lipinski definition) is 4. The summed E-state index contributed by atoms with van der Waals surface area (Å²) in [6, 6.07) is 17.5. The summed E-state index contributed by atoms with van der Waals surface area (Å²) < 4.78 is 6.77. The highest BCUT2D eigenvalue weighted by molar-refractivity contribution is 7.18. The van der Waals surface area contributed by atoms with E-state index in [1.54, 1.807) is 17.4 Å². The van der Waals surface area contributed by atoms with Gasteiger partial charge in [0.25, 0.3) is 5.91 Å². The molecule has 2 aromatic carbocycles. The van der Waals surface area contributed by atoms with Crippen LogP contribution < -0.4 is 5.32 Å². The van der Waals surface area contributed by atoms with Crippen LogP contribution in [0.1, 0.15) is 22.0 Å². The van der Waals surface area contributed by atoms with Gasteiger partial charge in [0.1, 0.15) is 5.58 Å². The van der Waals surface area contributed by atoms with E-state index in [2.05, 4.69) is 16.4 Å². The number of nitrogens with one attached hydrogen (secondary N) is 1. The number of carbonyl (C=O) groups excluding carboxylic acids is 1. The molecule has 0 radical (unpaired) electrons. The molecule has 0 aliphatic heterocycles. The van der Waals surface area contributed by atoms with Crippen LogP contribution in [0.2, 0.25) is 0 Å². The molecule has 1 N–H and O–H groups in total. The van der Waals surface area contributed by atoms with Gasteiger partial charge in [-0.25, -0.2) is 4.98 Å². The minimum absolute atomic E-state index is 0.171. The first-order valence-corrected chi connectivity index (χ1v) is 8.72. The number of thiazole rings is 1. The third-order valence-corrected chi connectivity index (χ3v) is 4.94. The highest BCUT2D eigenvalue weighted by Gasteiger charge is 2.11. The van der Waals surface area contributed by atoms with Crippen molar-refractivity contribution in [1.29, 1.82) is 0 Å². The van der Waals surface area contributed by atoms with Crippen LogP contribution in [0.25, 0.3) is 21.2 Å². The van der Waals surface area contributed by atoms with Crippen molar-refractivity contribution in [2.45, 2.75) is 12.8 Å². The summed E-state index contributed by atoms with van der Waals surface area (Å²) in [4.78, 5) is 16.8. The van der Waals surface area contributed by atoms with Crippen LogP contribution in [0, 0.1) is 0 Å². The summed E-state index contributed by atoms with van der Waals surface area (Å²) in [6.45, 7) is 0.603. The molecule has 4 nitrogen and oxygen atoms in total. The number of benzene rings is 2. The topological polar surface area (TPSA) is 55.1 Å². The number of fused-ring (bicyclic) bond motifs is 2. The van der Waals surface area contributed by atoms with Crippen molar-refractivity contribution < 1.29 is 9.21 Å². The lowest BCUT2D eigenvalue weighted by Crippen LogP contribution is -2.24. The average Bonchev–Trinajstić information content (AvgIpc) is 3.21. The van der Waals surface area contributed by atoms with E-state index in [1.807, 2.05) is 42.5 Å². The maximum atomic E-state index is 12.1. The molecular weight excluding hydrogens is 320 g/mol. The van der Waals surface area contributed by atoms with Gasteiger partial charge in [-0.05, 0) is 30.7 Å². The van der Waals surface area contributed by atoms with Crippen molar-refractivity contribution in [3.63, 3.8) is 0 Å². The Kier molecular flexibility index (Phi) is 4.01. The van der Waals surface area contributed by atoms with E-state index in [4.69, 9.17) is 4.42 Å². The third-order valence-electron chi connectivity index (χ3n) is 3.84. The molecule has 0 saturated heterocycles. The van der Waals surface area contributed by atoms with Crippen LogP contribution in [0.3, 0.4) is 0 Å². The van der Waals surface area contributed by atoms with Gasteiger partial charge < -0.3 is 9.73 Å². The van der Waals surface area contributed by atoms with Crippen molar-refractivity contribution in [3.05, 3.63) is 65.4 Å². The lowest BCUT2D eigenvalue weighted by atomic mass is 10.2. The first kappa shape index (κ1) is 14.9. The zero-order valence-corrected chi connectivity index (χ0v) is 13.8. The smallest absolute Gasteiger partial charge is 0.287 e. The minimum atomic E-state index is -0.171. The Bertz CT molecular complexity index is 937. The second-order valence-corrected chi connectivity index (χ2v) is 6.70. The minimum Gasteiger partial charge on any atom is -0.451 e. The van der Waals surface area contributed by atoms with Gasteiger partial charge in [0, 0.05) is 18.4 Å². The van der Waals surface area contributed by atoms with Crippen molar-refractivity contribution in [3.8, 4) is 0 Å². The maximum absolute atomic E-state index is 12.1. The van der Waals surface area contributed by atoms with Crippen LogP contribution in [-0.2, 0) is 6.42 Å². The van der Waals surface area contributed by atoms with E-state index in [-0.39, 0.29) is 5.91 Å². The Hall–Kier alpha value is -2.66. The fourth-order valence-electron chi connectivity index (χ4n) is 2.65. The monoisotopic (exact) mass is 336 g/mol. The fraction of sp³-hybridized carbons (Fsp3) is 0.158. The molecule has 4 rings (SSSR count). The number of carbonyl (C=O) groups is 1. The lowest BCUT2D eigenvalue weighted by molar-refractivity contribution is 0.0927. The first-order chi connectivity index (χ1) is 11.8. The van der Waals surface area contributed by atoms with E-state index in [0.717, 1.165) is 34.3 Å². The number of para-hydroxylation sites is 2. The Morgan fingerprint density at radius 1 is 1.12 bits per heavy atom. The van der Waals surface area contributed by atoms with Gasteiger partial charge in [0.2, 0.25) is 0 Å². The summed E-state index contributed by atoms with van der Waals surface area (Å²) in [7, 11) is 0. The molecular formula is C19H16N2O2S. The largest absolute Gasteiger partial charge is 0.451 e. The van der Waals surface area contributed by atoms with Gasteiger partial charge in [0.15, 0.2) is 5.76 Å². The lowest BCUT2D eigenvalue weighted by Gasteiger charge is -2.01. The number of aryl methyl sites for hydroxylation is 1. The summed E-state index contributed by atoms with van der Waals surface area (Å²) in [6.07, 6.45) is 1.71. The predicted octanol–water partition coefficient (Wildman–Crippen LogP) is 4.41. The molecule has 4 aromatic rings. The van der Waals surface area contributed by atoms with Crippen molar-refractivity contribution in [2.24, 2.45) is 0 Å². The second-order valence-electron chi connectivity index (χ2n) is 5.58. The van der Waals surface area contributed by atoms with E-state index in [1.165, 1.54) is 4.70 Å². The number of rotatable bonds is 5. The molecule has 120 valence electrons. The number of furan rings is 1. The van der Waals surface area contributed by atoms with Gasteiger partial charge in [-0.2, -0.15) is 0 Å². The summed E-state index contributed by atoms with van der Waals surface area (Å²) in [5, 5.41) is 4.96. The standard InChI is InChI=1S/C19H16N2O2S/c22-19(16-12-13-6-1-3-8-15(13)23-16)20-11-5-10-18-21-14-7-2-4-9-17(14)24-18/h1-4,6-9,12H,5,10-11H2,(H,20,22). The quantitative estimate of drug-likeness (QED) is 0.549. The fourth-order valence-corrected chi connectivity index (χ4v) is 3.66. The van der Waals surface area contributed by atoms with Crippen LogP contribution in [0.15, 0.2) is 59.0 Å². The zero-order chi connectivity index (χ0) is 16.4. The van der Waals surface area contributed by atoms with Crippen molar-refractivity contribution in [1.82, 2.24) is 10.3 Å². The molecule has 0 spiro atoms. The van der Waals surface area contributed by atoms with Crippen LogP contribution in [-0.4, -0.2) is 17.4 Å². The number of amides is 1. The third kappa shape index (κ3) is 3.03.